The molecule has 0 radical (unpaired) electrons. The second kappa shape index (κ2) is 8.80. The van der Waals surface area contributed by atoms with Gasteiger partial charge in [-0.3, -0.25) is 9.59 Å². The number of piperidine rings is 1. The van der Waals surface area contributed by atoms with E-state index in [1.807, 2.05) is 6.92 Å². The molecule has 7 nitrogen and oxygen atoms in total. The van der Waals surface area contributed by atoms with Crippen LogP contribution in [-0.2, 0) is 19.6 Å². The number of carbonyl (C=O) groups excluding carboxylic acids is 2. The molecule has 0 aromatic heterocycles. The third-order valence-electron chi connectivity index (χ3n) is 5.16. The molecule has 2 saturated heterocycles. The third kappa shape index (κ3) is 4.50. The third-order valence-corrected chi connectivity index (χ3v) is 7.53. The Labute approximate surface area is 171 Å². The number of hydrogen-bond donors (Lipinski definition) is 1. The molecule has 0 unspecified atom stereocenters. The maximum atomic E-state index is 12.8. The Morgan fingerprint density at radius 3 is 2.68 bits per heavy atom. The molecule has 3 rings (SSSR count). The molecule has 2 aliphatic heterocycles. The van der Waals surface area contributed by atoms with Crippen molar-refractivity contribution in [1.82, 2.24) is 4.31 Å². The number of benzene rings is 1. The van der Waals surface area contributed by atoms with Crippen molar-refractivity contribution in [2.75, 3.05) is 29.1 Å². The zero-order valence-corrected chi connectivity index (χ0v) is 17.6. The molecule has 154 valence electrons. The van der Waals surface area contributed by atoms with Crippen LogP contribution in [0.5, 0.6) is 0 Å². The van der Waals surface area contributed by atoms with Crippen molar-refractivity contribution < 1.29 is 18.0 Å². The fourth-order valence-electron chi connectivity index (χ4n) is 3.81. The number of hydrogen-bond acceptors (Lipinski definition) is 4. The zero-order chi connectivity index (χ0) is 20.3. The van der Waals surface area contributed by atoms with Gasteiger partial charge in [0.2, 0.25) is 21.8 Å². The second-order valence-electron chi connectivity index (χ2n) is 7.24. The molecule has 1 aromatic carbocycles. The van der Waals surface area contributed by atoms with E-state index in [1.54, 1.807) is 23.1 Å². The summed E-state index contributed by atoms with van der Waals surface area (Å²) >= 11 is 6.33. The summed E-state index contributed by atoms with van der Waals surface area (Å²) in [4.78, 5) is 26.4. The van der Waals surface area contributed by atoms with E-state index in [4.69, 9.17) is 11.6 Å². The van der Waals surface area contributed by atoms with Crippen molar-refractivity contribution >= 4 is 44.8 Å². The fourth-order valence-corrected chi connectivity index (χ4v) is 5.84. The molecule has 0 spiro atoms. The van der Waals surface area contributed by atoms with Gasteiger partial charge in [-0.25, -0.2) is 8.42 Å². The van der Waals surface area contributed by atoms with Crippen LogP contribution in [0.4, 0.5) is 11.4 Å². The Kier molecular flexibility index (Phi) is 6.62. The fraction of sp³-hybridized carbons (Fsp3) is 0.579. The van der Waals surface area contributed by atoms with Crippen molar-refractivity contribution in [3.8, 4) is 0 Å². The Morgan fingerprint density at radius 1 is 1.25 bits per heavy atom. The molecule has 1 aromatic rings. The van der Waals surface area contributed by atoms with E-state index in [9.17, 15) is 18.0 Å². The maximum absolute atomic E-state index is 12.8. The van der Waals surface area contributed by atoms with Crippen LogP contribution < -0.4 is 10.2 Å². The van der Waals surface area contributed by atoms with Crippen molar-refractivity contribution in [3.63, 3.8) is 0 Å². The molecule has 1 N–H and O–H groups in total. The summed E-state index contributed by atoms with van der Waals surface area (Å²) in [6.45, 7) is 2.82. The Bertz CT molecular complexity index is 859. The summed E-state index contributed by atoms with van der Waals surface area (Å²) in [7, 11) is -3.45. The summed E-state index contributed by atoms with van der Waals surface area (Å²) in [5.41, 5.74) is 1.12. The van der Waals surface area contributed by atoms with Crippen LogP contribution in [0.3, 0.4) is 0 Å². The summed E-state index contributed by atoms with van der Waals surface area (Å²) in [5, 5.41) is 3.17. The Morgan fingerprint density at radius 2 is 2.04 bits per heavy atom. The van der Waals surface area contributed by atoms with E-state index in [-0.39, 0.29) is 17.6 Å². The number of nitrogens with zero attached hydrogens (tertiary/aromatic N) is 2. The van der Waals surface area contributed by atoms with Gasteiger partial charge < -0.3 is 10.2 Å². The van der Waals surface area contributed by atoms with E-state index in [0.717, 1.165) is 19.3 Å². The second-order valence-corrected chi connectivity index (χ2v) is 9.69. The van der Waals surface area contributed by atoms with E-state index in [1.165, 1.54) is 4.31 Å². The molecule has 2 fully saturated rings. The molecule has 2 amide bonds. The van der Waals surface area contributed by atoms with Gasteiger partial charge in [0.25, 0.3) is 0 Å². The lowest BCUT2D eigenvalue weighted by Crippen LogP contribution is -2.50. The van der Waals surface area contributed by atoms with Gasteiger partial charge in [-0.15, -0.1) is 0 Å². The minimum atomic E-state index is -3.45. The van der Waals surface area contributed by atoms with Gasteiger partial charge in [0.15, 0.2) is 0 Å². The number of halogens is 1. The molecule has 28 heavy (non-hydrogen) atoms. The SMILES string of the molecule is CCCS(=O)(=O)N1CCCC[C@H]1C(=O)Nc1ccc(N2CCCC2=O)c(Cl)c1. The molecule has 0 aliphatic carbocycles. The van der Waals surface area contributed by atoms with Crippen LogP contribution in [0.2, 0.25) is 5.02 Å². The van der Waals surface area contributed by atoms with Crippen LogP contribution in [0, 0.1) is 0 Å². The van der Waals surface area contributed by atoms with E-state index in [0.29, 0.717) is 48.7 Å². The summed E-state index contributed by atoms with van der Waals surface area (Å²) in [6, 6.07) is 4.31. The average Bonchev–Trinajstić information content (AvgIpc) is 3.07. The predicted octanol–water partition coefficient (Wildman–Crippen LogP) is 3.00. The Balaban J connectivity index is 1.74. The first-order valence-corrected chi connectivity index (χ1v) is 11.7. The number of anilines is 2. The predicted molar refractivity (Wildman–Crippen MR) is 110 cm³/mol. The molecular formula is C19H26ClN3O4S. The average molecular weight is 428 g/mol. The Hall–Kier alpha value is -1.64. The smallest absolute Gasteiger partial charge is 0.242 e. The lowest BCUT2D eigenvalue weighted by atomic mass is 10.0. The van der Waals surface area contributed by atoms with Gasteiger partial charge in [0.1, 0.15) is 6.04 Å². The van der Waals surface area contributed by atoms with Gasteiger partial charge in [-0.2, -0.15) is 4.31 Å². The van der Waals surface area contributed by atoms with Gasteiger partial charge in [0.05, 0.1) is 16.5 Å². The van der Waals surface area contributed by atoms with Crippen LogP contribution in [-0.4, -0.2) is 49.4 Å². The zero-order valence-electron chi connectivity index (χ0n) is 16.0. The van der Waals surface area contributed by atoms with E-state index in [2.05, 4.69) is 5.32 Å². The van der Waals surface area contributed by atoms with Crippen LogP contribution in [0.25, 0.3) is 0 Å². The lowest BCUT2D eigenvalue weighted by molar-refractivity contribution is -0.120. The number of carbonyl (C=O) groups is 2. The summed E-state index contributed by atoms with van der Waals surface area (Å²) in [5.74, 6) is -0.264. The standard InChI is InChI=1S/C19H26ClN3O4S/c1-2-12-28(26,27)23-11-4-3-6-17(23)19(25)21-14-8-9-16(15(20)13-14)22-10-5-7-18(22)24/h8-9,13,17H,2-7,10-12H2,1H3,(H,21,25)/t17-/m0/s1. The van der Waals surface area contributed by atoms with E-state index < -0.39 is 16.1 Å². The molecular weight excluding hydrogens is 402 g/mol. The quantitative estimate of drug-likeness (QED) is 0.756. The van der Waals surface area contributed by atoms with Crippen molar-refractivity contribution in [2.45, 2.75) is 51.5 Å². The summed E-state index contributed by atoms with van der Waals surface area (Å²) in [6.07, 6.45) is 3.91. The number of amides is 2. The maximum Gasteiger partial charge on any atom is 0.242 e. The minimum absolute atomic E-state index is 0.0395. The first-order valence-electron chi connectivity index (χ1n) is 9.74. The number of sulfonamides is 1. The van der Waals surface area contributed by atoms with Crippen LogP contribution >= 0.6 is 11.6 Å². The topological polar surface area (TPSA) is 86.8 Å². The van der Waals surface area contributed by atoms with Crippen LogP contribution in [0.1, 0.15) is 45.4 Å². The van der Waals surface area contributed by atoms with Gasteiger partial charge >= 0.3 is 0 Å². The highest BCUT2D eigenvalue weighted by molar-refractivity contribution is 7.89. The van der Waals surface area contributed by atoms with Crippen molar-refractivity contribution in [1.29, 1.82) is 0 Å². The molecule has 0 saturated carbocycles. The normalized spacial score (nSPS) is 21.1. The van der Waals surface area contributed by atoms with Gasteiger partial charge in [-0.1, -0.05) is 24.9 Å². The first-order chi connectivity index (χ1) is 13.3. The first kappa shape index (κ1) is 21.1. The van der Waals surface area contributed by atoms with Crippen LogP contribution in [0.15, 0.2) is 18.2 Å². The largest absolute Gasteiger partial charge is 0.325 e. The highest BCUT2D eigenvalue weighted by Crippen LogP contribution is 2.32. The molecule has 2 aliphatic rings. The van der Waals surface area contributed by atoms with Gasteiger partial charge in [-0.05, 0) is 43.9 Å². The molecule has 2 heterocycles. The molecule has 1 atom stereocenters. The highest BCUT2D eigenvalue weighted by atomic mass is 35.5. The molecule has 0 bridgehead atoms. The number of nitrogens with one attached hydrogen (secondary N) is 1. The molecule has 9 heteroatoms. The van der Waals surface area contributed by atoms with Crippen molar-refractivity contribution in [3.05, 3.63) is 23.2 Å². The van der Waals surface area contributed by atoms with Crippen molar-refractivity contribution in [2.24, 2.45) is 0 Å². The lowest BCUT2D eigenvalue weighted by Gasteiger charge is -2.33. The minimum Gasteiger partial charge on any atom is -0.325 e. The summed E-state index contributed by atoms with van der Waals surface area (Å²) < 4.78 is 26.4. The highest BCUT2D eigenvalue weighted by Gasteiger charge is 2.36. The van der Waals surface area contributed by atoms with E-state index >= 15 is 0 Å². The monoisotopic (exact) mass is 427 g/mol. The number of rotatable bonds is 6. The van der Waals surface area contributed by atoms with Gasteiger partial charge in [0, 0.05) is 25.2 Å².